The Hall–Kier alpha value is -3.61. The van der Waals surface area contributed by atoms with E-state index in [4.69, 9.17) is 0 Å². The van der Waals surface area contributed by atoms with E-state index in [0.29, 0.717) is 17.5 Å². The molecule has 0 saturated heterocycles. The van der Waals surface area contributed by atoms with Gasteiger partial charge < -0.3 is 5.11 Å². The van der Waals surface area contributed by atoms with Crippen LogP contribution in [-0.4, -0.2) is 20.1 Å². The lowest BCUT2D eigenvalue weighted by Gasteiger charge is -2.30. The SMILES string of the molecule is CC(C)(C#N)c1ccc(-c2ccc(CC(C)(C)C(O)c3cncnc3)nc2)c(C#N)c1. The van der Waals surface area contributed by atoms with Crippen molar-refractivity contribution in [3.05, 3.63) is 77.6 Å². The van der Waals surface area contributed by atoms with Gasteiger partial charge in [0.25, 0.3) is 0 Å². The Kier molecular flexibility index (Phi) is 6.15. The highest BCUT2D eigenvalue weighted by molar-refractivity contribution is 5.70. The van der Waals surface area contributed by atoms with E-state index in [0.717, 1.165) is 22.4 Å². The van der Waals surface area contributed by atoms with Crippen molar-refractivity contribution < 1.29 is 5.11 Å². The zero-order chi connectivity index (χ0) is 22.6. The number of hydrogen-bond acceptors (Lipinski definition) is 6. The van der Waals surface area contributed by atoms with Crippen LogP contribution in [0.5, 0.6) is 0 Å². The highest BCUT2D eigenvalue weighted by Crippen LogP contribution is 2.36. The molecule has 6 nitrogen and oxygen atoms in total. The van der Waals surface area contributed by atoms with Gasteiger partial charge in [-0.15, -0.1) is 0 Å². The summed E-state index contributed by atoms with van der Waals surface area (Å²) in [5.41, 5.74) is 3.30. The average molecular weight is 412 g/mol. The second-order valence-electron chi connectivity index (χ2n) is 8.89. The molecule has 31 heavy (non-hydrogen) atoms. The topological polar surface area (TPSA) is 106 Å². The Morgan fingerprint density at radius 1 is 1.00 bits per heavy atom. The first-order valence-corrected chi connectivity index (χ1v) is 10.0. The molecule has 2 heterocycles. The highest BCUT2D eigenvalue weighted by atomic mass is 16.3. The average Bonchev–Trinajstić information content (AvgIpc) is 2.79. The molecule has 0 fully saturated rings. The van der Waals surface area contributed by atoms with Gasteiger partial charge in [-0.3, -0.25) is 4.98 Å². The molecule has 1 atom stereocenters. The molecule has 0 saturated carbocycles. The van der Waals surface area contributed by atoms with Gasteiger partial charge >= 0.3 is 0 Å². The molecule has 156 valence electrons. The van der Waals surface area contributed by atoms with Gasteiger partial charge in [-0.2, -0.15) is 10.5 Å². The van der Waals surface area contributed by atoms with Crippen LogP contribution < -0.4 is 0 Å². The Morgan fingerprint density at radius 3 is 2.29 bits per heavy atom. The van der Waals surface area contributed by atoms with E-state index in [9.17, 15) is 15.6 Å². The van der Waals surface area contributed by atoms with Gasteiger partial charge in [0, 0.05) is 46.4 Å². The van der Waals surface area contributed by atoms with E-state index in [1.807, 2.05) is 52.0 Å². The number of rotatable bonds is 6. The normalized spacial score (nSPS) is 12.6. The van der Waals surface area contributed by atoms with Gasteiger partial charge in [-0.25, -0.2) is 9.97 Å². The summed E-state index contributed by atoms with van der Waals surface area (Å²) in [7, 11) is 0. The maximum absolute atomic E-state index is 10.8. The minimum atomic E-state index is -0.726. The van der Waals surface area contributed by atoms with Crippen molar-refractivity contribution in [1.29, 1.82) is 10.5 Å². The van der Waals surface area contributed by atoms with E-state index < -0.39 is 16.9 Å². The molecule has 3 rings (SSSR count). The predicted octanol–water partition coefficient (Wildman–Crippen LogP) is 4.51. The van der Waals surface area contributed by atoms with E-state index >= 15 is 0 Å². The lowest BCUT2D eigenvalue weighted by atomic mass is 9.79. The molecular weight excluding hydrogens is 386 g/mol. The number of nitrogens with zero attached hydrogens (tertiary/aromatic N) is 5. The Balaban J connectivity index is 1.84. The highest BCUT2D eigenvalue weighted by Gasteiger charge is 2.30. The second kappa shape index (κ2) is 8.63. The van der Waals surface area contributed by atoms with Gasteiger partial charge in [-0.05, 0) is 38.0 Å². The molecule has 1 N–H and O–H groups in total. The van der Waals surface area contributed by atoms with Crippen molar-refractivity contribution in [2.45, 2.75) is 45.6 Å². The van der Waals surface area contributed by atoms with Crippen molar-refractivity contribution in [3.8, 4) is 23.3 Å². The molecule has 0 amide bonds. The molecular formula is C25H25N5O. The fourth-order valence-corrected chi connectivity index (χ4v) is 3.50. The largest absolute Gasteiger partial charge is 0.388 e. The number of benzene rings is 1. The number of aliphatic hydroxyl groups is 1. The van der Waals surface area contributed by atoms with Crippen molar-refractivity contribution in [2.24, 2.45) is 5.41 Å². The van der Waals surface area contributed by atoms with Crippen molar-refractivity contribution in [3.63, 3.8) is 0 Å². The number of aliphatic hydroxyl groups excluding tert-OH is 1. The molecule has 0 radical (unpaired) electrons. The van der Waals surface area contributed by atoms with Crippen LogP contribution in [0.4, 0.5) is 0 Å². The van der Waals surface area contributed by atoms with Crippen LogP contribution in [0.1, 0.15) is 56.2 Å². The van der Waals surface area contributed by atoms with Crippen LogP contribution in [0, 0.1) is 28.1 Å². The van der Waals surface area contributed by atoms with Crippen LogP contribution in [0.3, 0.4) is 0 Å². The van der Waals surface area contributed by atoms with Gasteiger partial charge in [0.05, 0.1) is 29.2 Å². The predicted molar refractivity (Wildman–Crippen MR) is 118 cm³/mol. The zero-order valence-electron chi connectivity index (χ0n) is 18.2. The molecule has 1 unspecified atom stereocenters. The molecule has 0 aliphatic heterocycles. The third-order valence-corrected chi connectivity index (χ3v) is 5.55. The Bertz CT molecular complexity index is 1140. The molecule has 3 aromatic rings. The molecule has 0 aliphatic carbocycles. The van der Waals surface area contributed by atoms with Crippen molar-refractivity contribution >= 4 is 0 Å². The third-order valence-electron chi connectivity index (χ3n) is 5.55. The Labute approximate surface area is 182 Å². The van der Waals surface area contributed by atoms with Crippen LogP contribution in [-0.2, 0) is 11.8 Å². The van der Waals surface area contributed by atoms with Gasteiger partial charge in [0.15, 0.2) is 0 Å². The third kappa shape index (κ3) is 4.77. The fraction of sp³-hybridized carbons (Fsp3) is 0.320. The van der Waals surface area contributed by atoms with Gasteiger partial charge in [-0.1, -0.05) is 32.0 Å². The zero-order valence-corrected chi connectivity index (χ0v) is 18.2. The minimum Gasteiger partial charge on any atom is -0.388 e. The van der Waals surface area contributed by atoms with Crippen molar-refractivity contribution in [1.82, 2.24) is 15.0 Å². The van der Waals surface area contributed by atoms with E-state index in [-0.39, 0.29) is 0 Å². The van der Waals surface area contributed by atoms with Crippen LogP contribution in [0.15, 0.2) is 55.2 Å². The van der Waals surface area contributed by atoms with Crippen LogP contribution in [0.25, 0.3) is 11.1 Å². The summed E-state index contributed by atoms with van der Waals surface area (Å²) in [5.74, 6) is 0. The van der Waals surface area contributed by atoms with Crippen LogP contribution >= 0.6 is 0 Å². The maximum Gasteiger partial charge on any atom is 0.115 e. The first kappa shape index (κ1) is 22.1. The first-order valence-electron chi connectivity index (χ1n) is 10.0. The summed E-state index contributed by atoms with van der Waals surface area (Å²) < 4.78 is 0. The molecule has 0 spiro atoms. The molecule has 0 aliphatic rings. The summed E-state index contributed by atoms with van der Waals surface area (Å²) in [6, 6.07) is 13.9. The summed E-state index contributed by atoms with van der Waals surface area (Å²) >= 11 is 0. The maximum atomic E-state index is 10.8. The monoisotopic (exact) mass is 411 g/mol. The summed E-state index contributed by atoms with van der Waals surface area (Å²) in [4.78, 5) is 12.5. The smallest absolute Gasteiger partial charge is 0.115 e. The number of hydrogen-bond donors (Lipinski definition) is 1. The number of aromatic nitrogens is 3. The molecule has 2 aromatic heterocycles. The first-order chi connectivity index (χ1) is 14.7. The second-order valence-corrected chi connectivity index (χ2v) is 8.89. The van der Waals surface area contributed by atoms with Gasteiger partial charge in [0.2, 0.25) is 0 Å². The molecule has 0 bridgehead atoms. The summed E-state index contributed by atoms with van der Waals surface area (Å²) in [6.07, 6.45) is 6.26. The quantitative estimate of drug-likeness (QED) is 0.639. The summed E-state index contributed by atoms with van der Waals surface area (Å²) in [6.45, 7) is 7.61. The molecule has 6 heteroatoms. The van der Waals surface area contributed by atoms with Gasteiger partial charge in [0.1, 0.15) is 6.33 Å². The molecule has 1 aromatic carbocycles. The van der Waals surface area contributed by atoms with E-state index in [2.05, 4.69) is 27.1 Å². The van der Waals surface area contributed by atoms with Crippen LogP contribution in [0.2, 0.25) is 0 Å². The number of pyridine rings is 1. The standard InChI is InChI=1S/C25H25N5O/c1-24(2,23(31)19-12-28-16-29-13-19)10-21-7-5-17(14-30-21)22-8-6-20(9-18(22)11-26)25(3,4)15-27/h5-9,12-14,16,23,31H,10H2,1-4H3. The lowest BCUT2D eigenvalue weighted by Crippen LogP contribution is -2.25. The van der Waals surface area contributed by atoms with Crippen molar-refractivity contribution in [2.75, 3.05) is 0 Å². The lowest BCUT2D eigenvalue weighted by molar-refractivity contribution is 0.0482. The fourth-order valence-electron chi connectivity index (χ4n) is 3.50. The minimum absolute atomic E-state index is 0.471. The van der Waals surface area contributed by atoms with E-state index in [1.54, 1.807) is 24.7 Å². The Morgan fingerprint density at radius 2 is 1.71 bits per heavy atom. The number of nitriles is 2. The van der Waals surface area contributed by atoms with E-state index in [1.165, 1.54) is 6.33 Å². The summed E-state index contributed by atoms with van der Waals surface area (Å²) in [5, 5.41) is 29.7.